The molecule has 11 heteroatoms. The largest absolute Gasteiger partial charge is 0.354 e. The van der Waals surface area contributed by atoms with Crippen LogP contribution in [0.25, 0.3) is 0 Å². The lowest BCUT2D eigenvalue weighted by molar-refractivity contribution is -0.140. The molecule has 0 aromatic heterocycles. The minimum atomic E-state index is -3.61. The van der Waals surface area contributed by atoms with Crippen molar-refractivity contribution in [2.24, 2.45) is 0 Å². The fourth-order valence-electron chi connectivity index (χ4n) is 3.65. The third-order valence-electron chi connectivity index (χ3n) is 5.65. The summed E-state index contributed by atoms with van der Waals surface area (Å²) in [5.41, 5.74) is 1.94. The minimum absolute atomic E-state index is 0.0400. The molecule has 1 unspecified atom stereocenters. The SMILES string of the molecule is CCCNC(=O)C(C)N(Cc1ccc(Cl)c(Cl)c1)C(=O)CCCN(c1cc(Cl)ccc1C)S(C)(=O)=O. The van der Waals surface area contributed by atoms with Crippen LogP contribution in [-0.2, 0) is 26.2 Å². The molecule has 0 radical (unpaired) electrons. The lowest BCUT2D eigenvalue weighted by Gasteiger charge is -2.29. The van der Waals surface area contributed by atoms with Crippen LogP contribution in [0.3, 0.4) is 0 Å². The van der Waals surface area contributed by atoms with Gasteiger partial charge in [-0.15, -0.1) is 0 Å². The molecule has 2 rings (SSSR count). The van der Waals surface area contributed by atoms with Gasteiger partial charge in [0.05, 0.1) is 22.0 Å². The van der Waals surface area contributed by atoms with Gasteiger partial charge in [0.25, 0.3) is 0 Å². The number of sulfonamides is 1. The maximum atomic E-state index is 13.3. The van der Waals surface area contributed by atoms with Gasteiger partial charge in [0.15, 0.2) is 0 Å². The van der Waals surface area contributed by atoms with E-state index in [1.807, 2.05) is 6.92 Å². The number of carbonyl (C=O) groups excluding carboxylic acids is 2. The van der Waals surface area contributed by atoms with Crippen LogP contribution in [0.15, 0.2) is 36.4 Å². The topological polar surface area (TPSA) is 86.8 Å². The highest BCUT2D eigenvalue weighted by Gasteiger charge is 2.27. The molecule has 198 valence electrons. The Hall–Kier alpha value is -2.00. The Morgan fingerprint density at radius 3 is 2.36 bits per heavy atom. The normalized spacial score (nSPS) is 12.2. The zero-order valence-corrected chi connectivity index (χ0v) is 23.9. The Kier molecular flexibility index (Phi) is 11.3. The molecule has 36 heavy (non-hydrogen) atoms. The molecule has 0 aliphatic carbocycles. The number of nitrogens with one attached hydrogen (secondary N) is 1. The number of hydrogen-bond acceptors (Lipinski definition) is 4. The molecule has 0 bridgehead atoms. The molecule has 2 amide bonds. The maximum Gasteiger partial charge on any atom is 0.242 e. The molecule has 0 aliphatic rings. The highest BCUT2D eigenvalue weighted by Crippen LogP contribution is 2.27. The first-order valence-electron chi connectivity index (χ1n) is 11.6. The van der Waals surface area contributed by atoms with E-state index in [-0.39, 0.29) is 37.7 Å². The number of rotatable bonds is 12. The van der Waals surface area contributed by atoms with Crippen molar-refractivity contribution in [3.63, 3.8) is 0 Å². The van der Waals surface area contributed by atoms with Crippen molar-refractivity contribution in [1.82, 2.24) is 10.2 Å². The summed E-state index contributed by atoms with van der Waals surface area (Å²) in [5.74, 6) is -0.547. The van der Waals surface area contributed by atoms with E-state index in [0.717, 1.165) is 23.8 Å². The highest BCUT2D eigenvalue weighted by atomic mass is 35.5. The molecule has 2 aromatic carbocycles. The zero-order chi connectivity index (χ0) is 27.0. The van der Waals surface area contributed by atoms with Crippen molar-refractivity contribution in [3.05, 3.63) is 62.6 Å². The molecule has 0 fully saturated rings. The minimum Gasteiger partial charge on any atom is -0.354 e. The third-order valence-corrected chi connectivity index (χ3v) is 7.80. The number of aryl methyl sites for hydroxylation is 1. The van der Waals surface area contributed by atoms with Gasteiger partial charge in [-0.1, -0.05) is 53.9 Å². The average Bonchev–Trinajstić information content (AvgIpc) is 2.81. The summed E-state index contributed by atoms with van der Waals surface area (Å²) in [7, 11) is -3.61. The summed E-state index contributed by atoms with van der Waals surface area (Å²) >= 11 is 18.3. The molecule has 7 nitrogen and oxygen atoms in total. The predicted molar refractivity (Wildman–Crippen MR) is 147 cm³/mol. The Morgan fingerprint density at radius 1 is 1.06 bits per heavy atom. The van der Waals surface area contributed by atoms with Crippen LogP contribution in [0.5, 0.6) is 0 Å². The lowest BCUT2D eigenvalue weighted by Crippen LogP contribution is -2.47. The van der Waals surface area contributed by atoms with E-state index in [2.05, 4.69) is 5.32 Å². The molecular weight excluding hydrogens is 545 g/mol. The Morgan fingerprint density at radius 2 is 1.75 bits per heavy atom. The molecule has 2 aromatic rings. The number of hydrogen-bond donors (Lipinski definition) is 1. The van der Waals surface area contributed by atoms with Gasteiger partial charge in [0, 0.05) is 31.1 Å². The highest BCUT2D eigenvalue weighted by molar-refractivity contribution is 7.92. The van der Waals surface area contributed by atoms with Crippen molar-refractivity contribution < 1.29 is 18.0 Å². The summed E-state index contributed by atoms with van der Waals surface area (Å²) in [6, 6.07) is 9.34. The van der Waals surface area contributed by atoms with Crippen LogP contribution >= 0.6 is 34.8 Å². The van der Waals surface area contributed by atoms with Crippen LogP contribution in [0.2, 0.25) is 15.1 Å². The molecule has 1 N–H and O–H groups in total. The zero-order valence-electron chi connectivity index (χ0n) is 20.9. The van der Waals surface area contributed by atoms with Crippen molar-refractivity contribution >= 4 is 62.3 Å². The van der Waals surface area contributed by atoms with Gasteiger partial charge >= 0.3 is 0 Å². The number of nitrogens with zero attached hydrogens (tertiary/aromatic N) is 2. The summed E-state index contributed by atoms with van der Waals surface area (Å²) in [4.78, 5) is 27.5. The van der Waals surface area contributed by atoms with Crippen molar-refractivity contribution in [1.29, 1.82) is 0 Å². The third kappa shape index (κ3) is 8.54. The van der Waals surface area contributed by atoms with Gasteiger partial charge in [-0.3, -0.25) is 13.9 Å². The van der Waals surface area contributed by atoms with Crippen LogP contribution in [0, 0.1) is 6.92 Å². The van der Waals surface area contributed by atoms with Gasteiger partial charge in [0.2, 0.25) is 21.8 Å². The molecule has 1 atom stereocenters. The number of benzene rings is 2. The number of carbonyl (C=O) groups is 2. The van der Waals surface area contributed by atoms with Crippen LogP contribution in [0.4, 0.5) is 5.69 Å². The summed E-state index contributed by atoms with van der Waals surface area (Å²) in [6.45, 7) is 6.14. The average molecular weight is 577 g/mol. The molecular formula is C25H32Cl3N3O4S. The second kappa shape index (κ2) is 13.5. The molecule has 0 heterocycles. The summed E-state index contributed by atoms with van der Waals surface area (Å²) in [5, 5.41) is 3.98. The van der Waals surface area contributed by atoms with Crippen molar-refractivity contribution in [3.8, 4) is 0 Å². The second-order valence-corrected chi connectivity index (χ2v) is 11.8. The van der Waals surface area contributed by atoms with Gasteiger partial charge in [-0.05, 0) is 62.1 Å². The van der Waals surface area contributed by atoms with E-state index in [9.17, 15) is 18.0 Å². The monoisotopic (exact) mass is 575 g/mol. The first-order valence-corrected chi connectivity index (χ1v) is 14.6. The second-order valence-electron chi connectivity index (χ2n) is 8.61. The van der Waals surface area contributed by atoms with Crippen molar-refractivity contribution in [2.45, 2.75) is 52.6 Å². The summed E-state index contributed by atoms with van der Waals surface area (Å²) in [6.07, 6.45) is 2.17. The lowest BCUT2D eigenvalue weighted by atomic mass is 10.1. The van der Waals surface area contributed by atoms with Gasteiger partial charge in [-0.2, -0.15) is 0 Å². The number of amides is 2. The van der Waals surface area contributed by atoms with Crippen LogP contribution in [-0.4, -0.2) is 50.5 Å². The molecule has 0 saturated carbocycles. The van der Waals surface area contributed by atoms with E-state index >= 15 is 0 Å². The Balaban J connectivity index is 2.21. The maximum absolute atomic E-state index is 13.3. The number of anilines is 1. The predicted octanol–water partition coefficient (Wildman–Crippen LogP) is 5.44. The van der Waals surface area contributed by atoms with Crippen LogP contribution in [0.1, 0.15) is 44.2 Å². The smallest absolute Gasteiger partial charge is 0.242 e. The van der Waals surface area contributed by atoms with Gasteiger partial charge in [-0.25, -0.2) is 8.42 Å². The first kappa shape index (κ1) is 30.2. The fraction of sp³-hybridized carbons (Fsp3) is 0.440. The van der Waals surface area contributed by atoms with E-state index in [1.54, 1.807) is 50.2 Å². The Labute approximate surface area is 228 Å². The van der Waals surface area contributed by atoms with E-state index in [1.165, 1.54) is 9.21 Å². The first-order chi connectivity index (χ1) is 16.8. The molecule has 0 aliphatic heterocycles. The van der Waals surface area contributed by atoms with E-state index < -0.39 is 16.1 Å². The molecule has 0 spiro atoms. The quantitative estimate of drug-likeness (QED) is 0.364. The summed E-state index contributed by atoms with van der Waals surface area (Å²) < 4.78 is 26.3. The van der Waals surface area contributed by atoms with E-state index in [0.29, 0.717) is 27.3 Å². The van der Waals surface area contributed by atoms with E-state index in [4.69, 9.17) is 34.8 Å². The van der Waals surface area contributed by atoms with Crippen molar-refractivity contribution in [2.75, 3.05) is 23.7 Å². The molecule has 0 saturated heterocycles. The van der Waals surface area contributed by atoms with Gasteiger partial charge < -0.3 is 10.2 Å². The number of halogens is 3. The van der Waals surface area contributed by atoms with Crippen LogP contribution < -0.4 is 9.62 Å². The fourth-order valence-corrected chi connectivity index (χ4v) is 5.15. The van der Waals surface area contributed by atoms with Gasteiger partial charge in [0.1, 0.15) is 6.04 Å². The Bertz CT molecular complexity index is 1190. The standard InChI is InChI=1S/C25H32Cl3N3O4S/c1-5-12-29-25(33)18(3)30(16-19-9-11-21(27)22(28)14-19)24(32)7-6-13-31(36(4,34)35)23-15-20(26)10-8-17(23)2/h8-11,14-15,18H,5-7,12-13,16H2,1-4H3,(H,29,33).